The first-order valence-electron chi connectivity index (χ1n) is 12.7. The molecule has 2 aliphatic rings. The molecule has 3 N–H and O–H groups in total. The number of rotatable bonds is 7. The van der Waals surface area contributed by atoms with Gasteiger partial charge in [0.05, 0.1) is 11.1 Å². The number of aliphatic hydroxyl groups is 1. The predicted molar refractivity (Wildman–Crippen MR) is 139 cm³/mol. The topological polar surface area (TPSA) is 83.0 Å². The normalized spacial score (nSPS) is 23.8. The third-order valence-electron chi connectivity index (χ3n) is 7.68. The summed E-state index contributed by atoms with van der Waals surface area (Å²) in [6.07, 6.45) is -0.0697. The van der Waals surface area contributed by atoms with Crippen LogP contribution >= 0.6 is 0 Å². The van der Waals surface area contributed by atoms with E-state index in [-0.39, 0.29) is 29.6 Å². The lowest BCUT2D eigenvalue weighted by Crippen LogP contribution is -2.86. The fraction of sp³-hybridized carbons (Fsp3) is 0.188. The van der Waals surface area contributed by atoms with Crippen molar-refractivity contribution in [3.63, 3.8) is 0 Å². The number of ketones is 1. The SMILES string of the molecule is O=C(O[NH2+][C@@H]1c2ccccc2C[C@@H]1O)c1ccc(C(=[O+])C2[C@@H](c3ccccc3)[C@H]2c2ccccc2)cc1. The molecule has 5 nitrogen and oxygen atoms in total. The Kier molecular flexibility index (Phi) is 6.16. The molecule has 5 heteroatoms. The first-order valence-corrected chi connectivity index (χ1v) is 12.7. The molecule has 183 valence electrons. The van der Waals surface area contributed by atoms with Gasteiger partial charge in [0.1, 0.15) is 12.0 Å². The van der Waals surface area contributed by atoms with Gasteiger partial charge in [-0.2, -0.15) is 0 Å². The molecule has 0 heterocycles. The Labute approximate surface area is 215 Å². The number of fused-ring (bicyclic) bond motifs is 1. The van der Waals surface area contributed by atoms with E-state index in [0.29, 0.717) is 17.5 Å². The van der Waals surface area contributed by atoms with Crippen molar-refractivity contribution in [1.82, 2.24) is 0 Å². The van der Waals surface area contributed by atoms with Crippen molar-refractivity contribution in [2.45, 2.75) is 30.4 Å². The number of Topliss-reactive ketones (excluding diaryl/α,β-unsaturated/α-hetero) is 1. The average molecular weight is 491 g/mol. The molecule has 0 saturated heterocycles. The summed E-state index contributed by atoms with van der Waals surface area (Å²) < 4.78 is 0. The van der Waals surface area contributed by atoms with Crippen LogP contribution < -0.4 is 5.48 Å². The molecule has 0 spiro atoms. The van der Waals surface area contributed by atoms with Crippen LogP contribution in [0.1, 0.15) is 60.8 Å². The van der Waals surface area contributed by atoms with Crippen LogP contribution in [0.3, 0.4) is 0 Å². The zero-order valence-electron chi connectivity index (χ0n) is 20.2. The number of quaternary nitrogens is 1. The van der Waals surface area contributed by atoms with Crippen molar-refractivity contribution in [3.05, 3.63) is 143 Å². The minimum absolute atomic E-state index is 0.0832. The zero-order chi connectivity index (χ0) is 25.4. The first-order chi connectivity index (χ1) is 18.1. The molecule has 4 aromatic rings. The predicted octanol–water partition coefficient (Wildman–Crippen LogP) is 4.36. The van der Waals surface area contributed by atoms with Gasteiger partial charge in [-0.3, -0.25) is 4.84 Å². The largest absolute Gasteiger partial charge is 0.478 e. The Hall–Kier alpha value is -4.06. The van der Waals surface area contributed by atoms with Crippen LogP contribution in [-0.4, -0.2) is 23.0 Å². The molecule has 2 aliphatic carbocycles. The Balaban J connectivity index is 1.15. The lowest BCUT2D eigenvalue weighted by Gasteiger charge is -2.12. The minimum Gasteiger partial charge on any atom is -0.386 e. The molecule has 0 bridgehead atoms. The highest BCUT2D eigenvalue weighted by molar-refractivity contribution is 6.02. The van der Waals surface area contributed by atoms with Crippen molar-refractivity contribution < 1.29 is 25.0 Å². The van der Waals surface area contributed by atoms with E-state index < -0.39 is 12.1 Å². The van der Waals surface area contributed by atoms with Gasteiger partial charge in [0, 0.05) is 23.8 Å². The number of hydroxylamine groups is 1. The smallest absolute Gasteiger partial charge is 0.386 e. The fourth-order valence-corrected chi connectivity index (χ4v) is 5.75. The van der Waals surface area contributed by atoms with Gasteiger partial charge in [-0.05, 0) is 41.0 Å². The zero-order valence-corrected chi connectivity index (χ0v) is 20.2. The standard InChI is InChI=1S/C32H27NO4/c34-26-19-24-13-7-8-14-25(24)30(26)33-37-32(36)23-17-15-22(16-18-23)31(35)29-27(20-9-3-1-4-10-20)28(29)21-11-5-2-6-12-21/h1-18,26-30,33-34H,19H2/q+1/p+1/t26-,27-,28+,29?,30+/m0/s1. The Morgan fingerprint density at radius 3 is 1.92 bits per heavy atom. The van der Waals surface area contributed by atoms with Gasteiger partial charge in [-0.25, -0.2) is 4.79 Å². The van der Waals surface area contributed by atoms with Gasteiger partial charge in [0.25, 0.3) is 0 Å². The molecular formula is C32H28NO4+2. The number of carbonyl (C=O) groups is 2. The molecule has 1 radical (unpaired) electrons. The van der Waals surface area contributed by atoms with E-state index in [1.165, 1.54) is 16.6 Å². The van der Waals surface area contributed by atoms with E-state index in [4.69, 9.17) is 4.84 Å². The molecule has 0 aliphatic heterocycles. The second-order valence-electron chi connectivity index (χ2n) is 9.88. The van der Waals surface area contributed by atoms with Crippen LogP contribution in [0.4, 0.5) is 0 Å². The van der Waals surface area contributed by atoms with Crippen LogP contribution in [0.5, 0.6) is 0 Å². The molecule has 0 aromatic heterocycles. The van der Waals surface area contributed by atoms with Crippen molar-refractivity contribution in [1.29, 1.82) is 0 Å². The second kappa shape index (κ2) is 9.77. The monoisotopic (exact) mass is 490 g/mol. The van der Waals surface area contributed by atoms with E-state index in [2.05, 4.69) is 24.3 Å². The molecule has 1 fully saturated rings. The lowest BCUT2D eigenvalue weighted by molar-refractivity contribution is -0.903. The quantitative estimate of drug-likeness (QED) is 0.229. The highest BCUT2D eigenvalue weighted by Gasteiger charge is 2.61. The van der Waals surface area contributed by atoms with Gasteiger partial charge in [0.15, 0.2) is 6.04 Å². The van der Waals surface area contributed by atoms with Crippen LogP contribution in [-0.2, 0) is 11.3 Å². The number of carbonyl (C=O) groups excluding carboxylic acids is 2. The Bertz CT molecular complexity index is 1370. The third kappa shape index (κ3) is 4.48. The summed E-state index contributed by atoms with van der Waals surface area (Å²) in [5, 5.41) is 10.4. The van der Waals surface area contributed by atoms with E-state index in [1.54, 1.807) is 24.3 Å². The molecule has 1 saturated carbocycles. The van der Waals surface area contributed by atoms with E-state index in [1.807, 2.05) is 60.7 Å². The summed E-state index contributed by atoms with van der Waals surface area (Å²) >= 11 is 0. The third-order valence-corrected chi connectivity index (χ3v) is 7.68. The Morgan fingerprint density at radius 1 is 0.757 bits per heavy atom. The molecular weight excluding hydrogens is 462 g/mol. The van der Waals surface area contributed by atoms with Crippen molar-refractivity contribution in [2.24, 2.45) is 5.92 Å². The molecule has 6 rings (SSSR count). The van der Waals surface area contributed by atoms with Gasteiger partial charge in [0.2, 0.25) is 4.79 Å². The summed E-state index contributed by atoms with van der Waals surface area (Å²) in [7, 11) is 0. The Morgan fingerprint density at radius 2 is 1.30 bits per heavy atom. The fourth-order valence-electron chi connectivity index (χ4n) is 5.75. The molecule has 37 heavy (non-hydrogen) atoms. The average Bonchev–Trinajstić information content (AvgIpc) is 3.62. The summed E-state index contributed by atoms with van der Waals surface area (Å²) in [6, 6.07) is 34.5. The minimum atomic E-state index is -0.612. The second-order valence-corrected chi connectivity index (χ2v) is 9.88. The number of hydrogen-bond donors (Lipinski definition) is 2. The number of benzene rings is 4. The summed E-state index contributed by atoms with van der Waals surface area (Å²) in [5.41, 5.74) is 6.76. The molecule has 5 atom stereocenters. The molecule has 1 unspecified atom stereocenters. The number of nitrogens with two attached hydrogens (primary N) is 1. The van der Waals surface area contributed by atoms with Gasteiger partial charge in [-0.15, -0.1) is 5.48 Å². The summed E-state index contributed by atoms with van der Waals surface area (Å²) in [5.74, 6) is -0.293. The lowest BCUT2D eigenvalue weighted by atomic mass is 10.0. The summed E-state index contributed by atoms with van der Waals surface area (Å²) in [6.45, 7) is 0. The van der Waals surface area contributed by atoms with Crippen molar-refractivity contribution in [2.75, 3.05) is 0 Å². The van der Waals surface area contributed by atoms with Crippen molar-refractivity contribution in [3.8, 4) is 0 Å². The van der Waals surface area contributed by atoms with Gasteiger partial charge < -0.3 is 5.11 Å². The van der Waals surface area contributed by atoms with E-state index >= 15 is 0 Å². The van der Waals surface area contributed by atoms with E-state index in [9.17, 15) is 14.7 Å². The van der Waals surface area contributed by atoms with Crippen LogP contribution in [0, 0.1) is 5.92 Å². The maximum absolute atomic E-state index is 13.6. The van der Waals surface area contributed by atoms with Gasteiger partial charge in [-0.1, -0.05) is 84.9 Å². The van der Waals surface area contributed by atoms with Crippen LogP contribution in [0.25, 0.3) is 0 Å². The van der Waals surface area contributed by atoms with Crippen LogP contribution in [0.2, 0.25) is 0 Å². The highest BCUT2D eigenvalue weighted by atomic mass is 16.7. The number of aliphatic hydroxyl groups excluding tert-OH is 1. The molecule has 0 amide bonds. The highest BCUT2D eigenvalue weighted by Crippen LogP contribution is 2.61. The van der Waals surface area contributed by atoms with Crippen LogP contribution in [0.15, 0.2) is 109 Å². The summed E-state index contributed by atoms with van der Waals surface area (Å²) in [4.78, 5) is 31.7. The van der Waals surface area contributed by atoms with Crippen molar-refractivity contribution >= 4 is 11.8 Å². The number of hydrogen-bond acceptors (Lipinski definition) is 4. The van der Waals surface area contributed by atoms with E-state index in [0.717, 1.165) is 11.1 Å². The maximum Gasteiger partial charge on any atom is 0.478 e. The molecule has 4 aromatic carbocycles. The first kappa shape index (κ1) is 23.3. The maximum atomic E-state index is 13.6. The van der Waals surface area contributed by atoms with Gasteiger partial charge >= 0.3 is 11.8 Å².